The average molecular weight is 390 g/mol. The van der Waals surface area contributed by atoms with E-state index in [0.717, 1.165) is 11.8 Å². The third-order valence-corrected chi connectivity index (χ3v) is 7.21. The number of hydrogen-bond acceptors (Lipinski definition) is 5. The number of aliphatic hydroxyl groups is 1. The molecule has 148 valence electrons. The SMILES string of the molecule is CCC12CCC(CCO)(O1)C1C(=O)N(c3ccc(C#N)c4ccccc34)C(=O)C12. The zero-order valence-electron chi connectivity index (χ0n) is 16.2. The van der Waals surface area contributed by atoms with Crippen LogP contribution in [-0.2, 0) is 14.3 Å². The molecule has 0 spiro atoms. The van der Waals surface area contributed by atoms with E-state index in [-0.39, 0.29) is 18.4 Å². The van der Waals surface area contributed by atoms with Gasteiger partial charge in [-0.3, -0.25) is 9.59 Å². The van der Waals surface area contributed by atoms with Gasteiger partial charge >= 0.3 is 0 Å². The van der Waals surface area contributed by atoms with E-state index in [4.69, 9.17) is 4.74 Å². The van der Waals surface area contributed by atoms with Crippen molar-refractivity contribution in [1.82, 2.24) is 0 Å². The number of carbonyl (C=O) groups is 2. The lowest BCUT2D eigenvalue weighted by atomic mass is 9.66. The van der Waals surface area contributed by atoms with Gasteiger partial charge in [-0.1, -0.05) is 31.2 Å². The van der Waals surface area contributed by atoms with Crippen molar-refractivity contribution in [2.45, 2.75) is 43.8 Å². The Balaban J connectivity index is 1.67. The molecule has 0 aromatic heterocycles. The van der Waals surface area contributed by atoms with Crippen LogP contribution in [0.1, 0.15) is 38.2 Å². The molecule has 2 aromatic carbocycles. The molecular formula is C23H22N2O4. The molecule has 2 amide bonds. The molecule has 3 saturated heterocycles. The number of anilines is 1. The molecule has 0 aliphatic carbocycles. The van der Waals surface area contributed by atoms with Gasteiger partial charge in [0.15, 0.2) is 0 Å². The van der Waals surface area contributed by atoms with E-state index < -0.39 is 23.0 Å². The van der Waals surface area contributed by atoms with Crippen LogP contribution in [0.3, 0.4) is 0 Å². The number of nitriles is 1. The molecule has 6 nitrogen and oxygen atoms in total. The highest BCUT2D eigenvalue weighted by atomic mass is 16.5. The van der Waals surface area contributed by atoms with E-state index in [0.29, 0.717) is 35.9 Å². The molecular weight excluding hydrogens is 368 g/mol. The van der Waals surface area contributed by atoms with Crippen molar-refractivity contribution >= 4 is 28.3 Å². The Hall–Kier alpha value is -2.75. The van der Waals surface area contributed by atoms with Crippen LogP contribution in [0.4, 0.5) is 5.69 Å². The van der Waals surface area contributed by atoms with Gasteiger partial charge in [0.25, 0.3) is 0 Å². The third kappa shape index (κ3) is 2.17. The second-order valence-corrected chi connectivity index (χ2v) is 8.32. The van der Waals surface area contributed by atoms with Crippen molar-refractivity contribution in [2.24, 2.45) is 11.8 Å². The number of nitrogens with zero attached hydrogens (tertiary/aromatic N) is 2. The minimum Gasteiger partial charge on any atom is -0.396 e. The van der Waals surface area contributed by atoms with Crippen LogP contribution in [0, 0.1) is 23.2 Å². The zero-order valence-corrected chi connectivity index (χ0v) is 16.2. The predicted octanol–water partition coefficient (Wildman–Crippen LogP) is 2.91. The smallest absolute Gasteiger partial charge is 0.240 e. The van der Waals surface area contributed by atoms with Gasteiger partial charge in [-0.05, 0) is 31.4 Å². The van der Waals surface area contributed by atoms with Gasteiger partial charge in [0, 0.05) is 23.8 Å². The first-order valence-corrected chi connectivity index (χ1v) is 10.1. The summed E-state index contributed by atoms with van der Waals surface area (Å²) in [5.41, 5.74) is -0.370. The Morgan fingerprint density at radius 3 is 2.41 bits per heavy atom. The van der Waals surface area contributed by atoms with Gasteiger partial charge in [0.2, 0.25) is 11.8 Å². The van der Waals surface area contributed by atoms with Gasteiger partial charge in [-0.25, -0.2) is 4.90 Å². The summed E-state index contributed by atoms with van der Waals surface area (Å²) in [5, 5.41) is 20.5. The number of amides is 2. The van der Waals surface area contributed by atoms with Crippen molar-refractivity contribution in [3.8, 4) is 6.07 Å². The number of carbonyl (C=O) groups excluding carboxylic acids is 2. The number of rotatable bonds is 4. The molecule has 5 rings (SSSR count). The molecule has 4 atom stereocenters. The molecule has 0 radical (unpaired) electrons. The summed E-state index contributed by atoms with van der Waals surface area (Å²) in [4.78, 5) is 28.5. The monoisotopic (exact) mass is 390 g/mol. The average Bonchev–Trinajstić information content (AvgIpc) is 3.34. The summed E-state index contributed by atoms with van der Waals surface area (Å²) >= 11 is 0. The largest absolute Gasteiger partial charge is 0.396 e. The molecule has 0 saturated carbocycles. The van der Waals surface area contributed by atoms with Crippen LogP contribution >= 0.6 is 0 Å². The fraction of sp³-hybridized carbons (Fsp3) is 0.435. The number of hydrogen-bond donors (Lipinski definition) is 1. The summed E-state index contributed by atoms with van der Waals surface area (Å²) < 4.78 is 6.38. The standard InChI is InChI=1S/C23H22N2O4/c1-2-22-9-10-23(29-22,11-12-26)19-18(22)20(27)25(21(19)28)17-8-7-14(13-24)15-5-3-4-6-16(15)17/h3-8,18-19,26H,2,9-12H2,1H3. The molecule has 3 fully saturated rings. The summed E-state index contributed by atoms with van der Waals surface area (Å²) in [6.07, 6.45) is 2.43. The van der Waals surface area contributed by atoms with Gasteiger partial charge in [0.1, 0.15) is 0 Å². The molecule has 2 aromatic rings. The lowest BCUT2D eigenvalue weighted by molar-refractivity contribution is -0.132. The lowest BCUT2D eigenvalue weighted by Gasteiger charge is -2.30. The second kappa shape index (κ2) is 6.12. The highest BCUT2D eigenvalue weighted by molar-refractivity contribution is 6.26. The first-order chi connectivity index (χ1) is 14.0. The van der Waals surface area contributed by atoms with E-state index in [1.54, 1.807) is 12.1 Å². The summed E-state index contributed by atoms with van der Waals surface area (Å²) in [5.74, 6) is -1.56. The van der Waals surface area contributed by atoms with Crippen LogP contribution in [-0.4, -0.2) is 34.7 Å². The van der Waals surface area contributed by atoms with Crippen molar-refractivity contribution in [3.05, 3.63) is 42.0 Å². The van der Waals surface area contributed by atoms with E-state index in [9.17, 15) is 20.0 Å². The van der Waals surface area contributed by atoms with Gasteiger partial charge < -0.3 is 9.84 Å². The molecule has 4 unspecified atom stereocenters. The highest BCUT2D eigenvalue weighted by Crippen LogP contribution is 2.63. The second-order valence-electron chi connectivity index (χ2n) is 8.32. The summed E-state index contributed by atoms with van der Waals surface area (Å²) in [7, 11) is 0. The predicted molar refractivity (Wildman–Crippen MR) is 106 cm³/mol. The first kappa shape index (κ1) is 18.3. The number of ether oxygens (including phenoxy) is 1. The normalized spacial score (nSPS) is 32.8. The van der Waals surface area contributed by atoms with Crippen molar-refractivity contribution in [3.63, 3.8) is 0 Å². The van der Waals surface area contributed by atoms with Crippen LogP contribution < -0.4 is 4.90 Å². The zero-order chi connectivity index (χ0) is 20.4. The van der Waals surface area contributed by atoms with E-state index >= 15 is 0 Å². The topological polar surface area (TPSA) is 90.6 Å². The minimum atomic E-state index is -0.765. The maximum Gasteiger partial charge on any atom is 0.240 e. The van der Waals surface area contributed by atoms with E-state index in [1.165, 1.54) is 4.90 Å². The van der Waals surface area contributed by atoms with Crippen LogP contribution in [0.2, 0.25) is 0 Å². The fourth-order valence-corrected chi connectivity index (χ4v) is 5.90. The Bertz CT molecular complexity index is 1090. The molecule has 3 aliphatic rings. The molecule has 2 bridgehead atoms. The Kier molecular flexibility index (Phi) is 3.86. The Morgan fingerprint density at radius 2 is 1.76 bits per heavy atom. The van der Waals surface area contributed by atoms with Crippen LogP contribution in [0.5, 0.6) is 0 Å². The minimum absolute atomic E-state index is 0.0791. The maximum absolute atomic E-state index is 13.6. The van der Waals surface area contributed by atoms with E-state index in [1.807, 2.05) is 31.2 Å². The quantitative estimate of drug-likeness (QED) is 0.811. The Labute approximate surface area is 168 Å². The van der Waals surface area contributed by atoms with Gasteiger partial charge in [-0.2, -0.15) is 5.26 Å². The van der Waals surface area contributed by atoms with Gasteiger partial charge in [-0.15, -0.1) is 0 Å². The van der Waals surface area contributed by atoms with Crippen LogP contribution in [0.15, 0.2) is 36.4 Å². The van der Waals surface area contributed by atoms with Crippen molar-refractivity contribution < 1.29 is 19.4 Å². The van der Waals surface area contributed by atoms with Crippen LogP contribution in [0.25, 0.3) is 10.8 Å². The summed E-state index contributed by atoms with van der Waals surface area (Å²) in [6, 6.07) is 12.9. The lowest BCUT2D eigenvalue weighted by Crippen LogP contribution is -2.43. The van der Waals surface area contributed by atoms with Crippen molar-refractivity contribution in [1.29, 1.82) is 5.26 Å². The first-order valence-electron chi connectivity index (χ1n) is 10.1. The summed E-state index contributed by atoms with van der Waals surface area (Å²) in [6.45, 7) is 1.92. The highest BCUT2D eigenvalue weighted by Gasteiger charge is 2.74. The molecule has 29 heavy (non-hydrogen) atoms. The van der Waals surface area contributed by atoms with Gasteiger partial charge in [0.05, 0.1) is 40.4 Å². The molecule has 3 aliphatic heterocycles. The third-order valence-electron chi connectivity index (χ3n) is 7.21. The fourth-order valence-electron chi connectivity index (χ4n) is 5.90. The number of benzene rings is 2. The number of fused-ring (bicyclic) bond motifs is 6. The maximum atomic E-state index is 13.6. The molecule has 1 N–H and O–H groups in total. The van der Waals surface area contributed by atoms with E-state index in [2.05, 4.69) is 6.07 Å². The Morgan fingerprint density at radius 1 is 1.10 bits per heavy atom. The number of aliphatic hydroxyl groups excluding tert-OH is 1. The molecule has 6 heteroatoms. The number of imide groups is 1. The van der Waals surface area contributed by atoms with Crippen molar-refractivity contribution in [2.75, 3.05) is 11.5 Å². The molecule has 3 heterocycles.